The van der Waals surface area contributed by atoms with E-state index in [4.69, 9.17) is 4.74 Å². The van der Waals surface area contributed by atoms with Gasteiger partial charge in [-0.05, 0) is 54.6 Å². The number of rotatable bonds is 4. The summed E-state index contributed by atoms with van der Waals surface area (Å²) in [6.45, 7) is 4.40. The number of hydrogen-bond donors (Lipinski definition) is 1. The van der Waals surface area contributed by atoms with E-state index < -0.39 is 0 Å². The van der Waals surface area contributed by atoms with Crippen molar-refractivity contribution in [3.8, 4) is 5.75 Å². The number of nitrogens with one attached hydrogen (secondary N) is 1. The van der Waals surface area contributed by atoms with Crippen LogP contribution in [0.5, 0.6) is 5.75 Å². The van der Waals surface area contributed by atoms with Crippen molar-refractivity contribution in [2.45, 2.75) is 12.8 Å². The number of ether oxygens (including phenoxy) is 1. The van der Waals surface area contributed by atoms with Gasteiger partial charge in [0.2, 0.25) is 5.91 Å². The smallest absolute Gasteiger partial charge is 0.322 e. The van der Waals surface area contributed by atoms with Gasteiger partial charge >= 0.3 is 6.03 Å². The van der Waals surface area contributed by atoms with E-state index >= 15 is 0 Å². The third-order valence-electron chi connectivity index (χ3n) is 5.91. The summed E-state index contributed by atoms with van der Waals surface area (Å²) in [4.78, 5) is 31.5. The molecular formula is C22H28N4O3S. The van der Waals surface area contributed by atoms with Gasteiger partial charge < -0.3 is 19.4 Å². The molecule has 0 unspecified atom stereocenters. The van der Waals surface area contributed by atoms with Gasteiger partial charge in [0, 0.05) is 50.9 Å². The van der Waals surface area contributed by atoms with Gasteiger partial charge in [-0.1, -0.05) is 0 Å². The van der Waals surface area contributed by atoms with Crippen LogP contribution in [0.25, 0.3) is 0 Å². The Morgan fingerprint density at radius 3 is 2.27 bits per heavy atom. The molecule has 3 heterocycles. The highest BCUT2D eigenvalue weighted by molar-refractivity contribution is 7.14. The van der Waals surface area contributed by atoms with E-state index in [2.05, 4.69) is 22.3 Å². The van der Waals surface area contributed by atoms with Crippen molar-refractivity contribution in [1.29, 1.82) is 0 Å². The second kappa shape index (κ2) is 9.38. The molecule has 3 amide bonds. The number of nitrogens with zero attached hydrogens (tertiary/aromatic N) is 3. The minimum Gasteiger partial charge on any atom is -0.497 e. The molecule has 8 heteroatoms. The van der Waals surface area contributed by atoms with Crippen LogP contribution in [0.2, 0.25) is 0 Å². The Morgan fingerprint density at radius 1 is 0.967 bits per heavy atom. The minimum absolute atomic E-state index is 0.0170. The van der Waals surface area contributed by atoms with Gasteiger partial charge in [0.15, 0.2) is 0 Å². The third kappa shape index (κ3) is 4.70. The van der Waals surface area contributed by atoms with Crippen LogP contribution in [0, 0.1) is 5.92 Å². The summed E-state index contributed by atoms with van der Waals surface area (Å²) in [5.41, 5.74) is 1.16. The topological polar surface area (TPSA) is 65.1 Å². The Labute approximate surface area is 181 Å². The average molecular weight is 429 g/mol. The summed E-state index contributed by atoms with van der Waals surface area (Å²) < 4.78 is 5.22. The van der Waals surface area contributed by atoms with Crippen LogP contribution < -0.4 is 15.0 Å². The summed E-state index contributed by atoms with van der Waals surface area (Å²) in [7, 11) is 1.67. The fraction of sp³-hybridized carbons (Fsp3) is 0.455. The summed E-state index contributed by atoms with van der Waals surface area (Å²) in [5.74, 6) is 1.11. The number of carbonyl (C=O) groups is 2. The van der Waals surface area contributed by atoms with Crippen molar-refractivity contribution in [3.05, 3.63) is 41.8 Å². The number of likely N-dealkylation sites (tertiary alicyclic amines) is 1. The van der Waals surface area contributed by atoms with Gasteiger partial charge in [0.05, 0.1) is 12.1 Å². The number of anilines is 2. The van der Waals surface area contributed by atoms with Gasteiger partial charge in [-0.2, -0.15) is 0 Å². The Balaban J connectivity index is 1.23. The lowest BCUT2D eigenvalue weighted by atomic mass is 9.95. The fourth-order valence-electron chi connectivity index (χ4n) is 4.10. The normalized spacial score (nSPS) is 17.7. The molecule has 0 radical (unpaired) electrons. The van der Waals surface area contributed by atoms with Crippen LogP contribution in [0.4, 0.5) is 15.5 Å². The quantitative estimate of drug-likeness (QED) is 0.811. The highest BCUT2D eigenvalue weighted by atomic mass is 32.1. The van der Waals surface area contributed by atoms with E-state index in [9.17, 15) is 9.59 Å². The van der Waals surface area contributed by atoms with Crippen LogP contribution in [-0.4, -0.2) is 68.1 Å². The van der Waals surface area contributed by atoms with Gasteiger partial charge in [-0.15, -0.1) is 11.3 Å². The third-order valence-corrected chi connectivity index (χ3v) is 6.70. The Hall–Kier alpha value is -2.74. The van der Waals surface area contributed by atoms with E-state index in [1.807, 2.05) is 39.4 Å². The van der Waals surface area contributed by atoms with Crippen LogP contribution in [0.3, 0.4) is 0 Å². The molecule has 1 N–H and O–H groups in total. The van der Waals surface area contributed by atoms with Crippen molar-refractivity contribution in [1.82, 2.24) is 9.80 Å². The largest absolute Gasteiger partial charge is 0.497 e. The molecule has 0 spiro atoms. The molecular weight excluding hydrogens is 400 g/mol. The van der Waals surface area contributed by atoms with Gasteiger partial charge in [-0.3, -0.25) is 10.1 Å². The van der Waals surface area contributed by atoms with E-state index in [0.717, 1.165) is 55.5 Å². The van der Waals surface area contributed by atoms with Gasteiger partial charge in [0.1, 0.15) is 5.75 Å². The molecule has 2 aliphatic rings. The first-order valence-electron chi connectivity index (χ1n) is 10.4. The standard InChI is InChI=1S/C22H28N4O3S/c1-29-19-6-4-18(5-7-19)24-12-14-25(15-13-24)21(27)17-8-10-26(11-9-17)22(28)23-20-3-2-16-30-20/h2-7,16-17H,8-15H2,1H3,(H,23,28). The lowest BCUT2D eigenvalue weighted by Gasteiger charge is -2.39. The van der Waals surface area contributed by atoms with E-state index in [1.165, 1.54) is 11.3 Å². The van der Waals surface area contributed by atoms with Gasteiger partial charge in [-0.25, -0.2) is 4.79 Å². The number of methoxy groups -OCH3 is 1. The van der Waals surface area contributed by atoms with E-state index in [0.29, 0.717) is 13.1 Å². The average Bonchev–Trinajstić information content (AvgIpc) is 3.32. The zero-order chi connectivity index (χ0) is 20.9. The highest BCUT2D eigenvalue weighted by Crippen LogP contribution is 2.24. The van der Waals surface area contributed by atoms with Crippen LogP contribution >= 0.6 is 11.3 Å². The number of hydrogen-bond acceptors (Lipinski definition) is 5. The first-order chi connectivity index (χ1) is 14.6. The Kier molecular flexibility index (Phi) is 6.42. The molecule has 4 rings (SSSR count). The lowest BCUT2D eigenvalue weighted by molar-refractivity contribution is -0.137. The molecule has 2 fully saturated rings. The van der Waals surface area contributed by atoms with Crippen molar-refractivity contribution >= 4 is 34.0 Å². The molecule has 2 saturated heterocycles. The van der Waals surface area contributed by atoms with Gasteiger partial charge in [0.25, 0.3) is 0 Å². The van der Waals surface area contributed by atoms with Crippen LogP contribution in [0.15, 0.2) is 41.8 Å². The molecule has 30 heavy (non-hydrogen) atoms. The molecule has 0 atom stereocenters. The van der Waals surface area contributed by atoms with Crippen molar-refractivity contribution in [2.24, 2.45) is 5.92 Å². The van der Waals surface area contributed by atoms with Crippen LogP contribution in [0.1, 0.15) is 12.8 Å². The maximum absolute atomic E-state index is 13.0. The fourth-order valence-corrected chi connectivity index (χ4v) is 4.71. The lowest BCUT2D eigenvalue weighted by Crippen LogP contribution is -2.52. The Bertz CT molecular complexity index is 840. The molecule has 160 valence electrons. The monoisotopic (exact) mass is 428 g/mol. The molecule has 2 aliphatic heterocycles. The van der Waals surface area contributed by atoms with Crippen molar-refractivity contribution in [3.63, 3.8) is 0 Å². The predicted octanol–water partition coefficient (Wildman–Crippen LogP) is 3.35. The number of thiophene rings is 1. The highest BCUT2D eigenvalue weighted by Gasteiger charge is 2.31. The molecule has 1 aromatic heterocycles. The maximum atomic E-state index is 13.0. The number of amides is 3. The number of urea groups is 1. The molecule has 0 bridgehead atoms. The number of piperidine rings is 1. The second-order valence-corrected chi connectivity index (χ2v) is 8.63. The summed E-state index contributed by atoms with van der Waals surface area (Å²) in [6, 6.07) is 11.8. The SMILES string of the molecule is COc1ccc(N2CCN(C(=O)C3CCN(C(=O)Nc4cccs4)CC3)CC2)cc1. The second-order valence-electron chi connectivity index (χ2n) is 7.68. The first-order valence-corrected chi connectivity index (χ1v) is 11.3. The molecule has 0 aliphatic carbocycles. The van der Waals surface area contributed by atoms with Crippen molar-refractivity contribution in [2.75, 3.05) is 56.6 Å². The zero-order valence-electron chi connectivity index (χ0n) is 17.3. The molecule has 7 nitrogen and oxygen atoms in total. The van der Waals surface area contributed by atoms with Crippen LogP contribution in [-0.2, 0) is 4.79 Å². The maximum Gasteiger partial charge on any atom is 0.322 e. The zero-order valence-corrected chi connectivity index (χ0v) is 18.1. The number of carbonyl (C=O) groups excluding carboxylic acids is 2. The van der Waals surface area contributed by atoms with E-state index in [1.54, 1.807) is 7.11 Å². The Morgan fingerprint density at radius 2 is 1.67 bits per heavy atom. The molecule has 1 aromatic carbocycles. The predicted molar refractivity (Wildman–Crippen MR) is 119 cm³/mol. The summed E-state index contributed by atoms with van der Waals surface area (Å²) in [6.07, 6.45) is 1.46. The molecule has 0 saturated carbocycles. The molecule has 2 aromatic rings. The number of benzene rings is 1. The summed E-state index contributed by atoms with van der Waals surface area (Å²) >= 11 is 1.51. The van der Waals surface area contributed by atoms with Crippen molar-refractivity contribution < 1.29 is 14.3 Å². The first kappa shape index (κ1) is 20.5. The van der Waals surface area contributed by atoms with E-state index in [-0.39, 0.29) is 17.9 Å². The number of piperazine rings is 1. The summed E-state index contributed by atoms with van der Waals surface area (Å²) in [5, 5.41) is 5.72. The minimum atomic E-state index is -0.0727.